The van der Waals surface area contributed by atoms with E-state index in [9.17, 15) is 9.59 Å². The highest BCUT2D eigenvalue weighted by atomic mass is 35.5. The van der Waals surface area contributed by atoms with Crippen molar-refractivity contribution < 1.29 is 14.3 Å². The van der Waals surface area contributed by atoms with Crippen LogP contribution in [0.1, 0.15) is 5.56 Å². The van der Waals surface area contributed by atoms with Gasteiger partial charge in [0.1, 0.15) is 5.88 Å². The second-order valence-electron chi connectivity index (χ2n) is 3.55. The van der Waals surface area contributed by atoms with E-state index in [0.29, 0.717) is 18.7 Å². The topological polar surface area (TPSA) is 67.4 Å². The summed E-state index contributed by atoms with van der Waals surface area (Å²) in [4.78, 5) is 21.9. The number of alkyl halides is 1. The zero-order valence-electron chi connectivity index (χ0n) is 10.0. The predicted octanol–water partition coefficient (Wildman–Crippen LogP) is 1.76. The van der Waals surface area contributed by atoms with E-state index >= 15 is 0 Å². The summed E-state index contributed by atoms with van der Waals surface area (Å²) >= 11 is 5.35. The number of carbonyl (C=O) groups is 2. The van der Waals surface area contributed by atoms with Gasteiger partial charge < -0.3 is 10.1 Å². The summed E-state index contributed by atoms with van der Waals surface area (Å²) in [5, 5.41) is 5.23. The maximum absolute atomic E-state index is 11.0. The van der Waals surface area contributed by atoms with Crippen molar-refractivity contribution in [3.05, 3.63) is 29.8 Å². The van der Waals surface area contributed by atoms with Crippen LogP contribution in [0.25, 0.3) is 0 Å². The first-order valence-electron chi connectivity index (χ1n) is 5.42. The molecule has 0 fully saturated rings. The number of methoxy groups -OCH3 is 1. The van der Waals surface area contributed by atoms with Gasteiger partial charge in [0.2, 0.25) is 5.91 Å². The molecule has 0 aliphatic rings. The van der Waals surface area contributed by atoms with Gasteiger partial charge >= 0.3 is 6.09 Å². The quantitative estimate of drug-likeness (QED) is 0.801. The lowest BCUT2D eigenvalue weighted by Gasteiger charge is -2.06. The van der Waals surface area contributed by atoms with Gasteiger partial charge in [-0.25, -0.2) is 4.79 Å². The summed E-state index contributed by atoms with van der Waals surface area (Å²) in [6.07, 6.45) is 0.207. The summed E-state index contributed by atoms with van der Waals surface area (Å²) in [6.45, 7) is 0.537. The molecule has 1 aromatic rings. The summed E-state index contributed by atoms with van der Waals surface area (Å²) in [5.41, 5.74) is 1.72. The third-order valence-corrected chi connectivity index (χ3v) is 2.49. The molecule has 2 amide bonds. The van der Waals surface area contributed by atoms with Gasteiger partial charge in [0.25, 0.3) is 0 Å². The van der Waals surface area contributed by atoms with Crippen molar-refractivity contribution in [3.8, 4) is 0 Å². The van der Waals surface area contributed by atoms with Crippen LogP contribution in [0.4, 0.5) is 10.5 Å². The highest BCUT2D eigenvalue weighted by Gasteiger charge is 2.01. The van der Waals surface area contributed by atoms with Crippen molar-refractivity contribution in [2.24, 2.45) is 0 Å². The van der Waals surface area contributed by atoms with E-state index in [2.05, 4.69) is 15.4 Å². The molecule has 2 N–H and O–H groups in total. The molecule has 18 heavy (non-hydrogen) atoms. The number of amides is 2. The Hall–Kier alpha value is -1.75. The van der Waals surface area contributed by atoms with Gasteiger partial charge in [-0.15, -0.1) is 11.6 Å². The van der Waals surface area contributed by atoms with Crippen LogP contribution in [0.5, 0.6) is 0 Å². The van der Waals surface area contributed by atoms with Gasteiger partial charge in [-0.05, 0) is 24.1 Å². The summed E-state index contributed by atoms with van der Waals surface area (Å²) in [6, 6.07) is 7.29. The van der Waals surface area contributed by atoms with Crippen LogP contribution in [0, 0.1) is 0 Å². The van der Waals surface area contributed by atoms with Gasteiger partial charge in [-0.1, -0.05) is 12.1 Å². The molecule has 1 aromatic carbocycles. The highest BCUT2D eigenvalue weighted by molar-refractivity contribution is 6.27. The Morgan fingerprint density at radius 2 is 1.94 bits per heavy atom. The van der Waals surface area contributed by atoms with Crippen LogP contribution in [-0.2, 0) is 16.0 Å². The fourth-order valence-corrected chi connectivity index (χ4v) is 1.41. The maximum Gasteiger partial charge on any atom is 0.411 e. The van der Waals surface area contributed by atoms with Gasteiger partial charge in [-0.3, -0.25) is 10.1 Å². The zero-order valence-corrected chi connectivity index (χ0v) is 10.8. The van der Waals surface area contributed by atoms with Gasteiger partial charge in [0.15, 0.2) is 0 Å². The SMILES string of the molecule is COC(=O)Nc1ccc(CCNC(=O)CCl)cc1. The van der Waals surface area contributed by atoms with Crippen molar-refractivity contribution >= 4 is 29.3 Å². The lowest BCUT2D eigenvalue weighted by Crippen LogP contribution is -2.26. The Morgan fingerprint density at radius 3 is 2.50 bits per heavy atom. The van der Waals surface area contributed by atoms with Crippen LogP contribution in [-0.4, -0.2) is 31.5 Å². The lowest BCUT2D eigenvalue weighted by atomic mass is 10.1. The van der Waals surface area contributed by atoms with Crippen molar-refractivity contribution in [1.29, 1.82) is 0 Å². The number of rotatable bonds is 5. The second-order valence-corrected chi connectivity index (χ2v) is 3.81. The van der Waals surface area contributed by atoms with Crippen molar-refractivity contribution in [3.63, 3.8) is 0 Å². The van der Waals surface area contributed by atoms with Crippen LogP contribution >= 0.6 is 11.6 Å². The first kappa shape index (κ1) is 14.3. The molecular weight excluding hydrogens is 256 g/mol. The minimum atomic E-state index is -0.503. The molecule has 0 saturated heterocycles. The predicted molar refractivity (Wildman–Crippen MR) is 69.9 cm³/mol. The number of anilines is 1. The summed E-state index contributed by atoms with van der Waals surface area (Å²) < 4.78 is 4.48. The smallest absolute Gasteiger partial charge is 0.411 e. The van der Waals surface area contributed by atoms with E-state index in [1.54, 1.807) is 12.1 Å². The molecule has 0 spiro atoms. The number of nitrogens with one attached hydrogen (secondary N) is 2. The second kappa shape index (κ2) is 7.55. The molecule has 6 heteroatoms. The molecule has 0 unspecified atom stereocenters. The van der Waals surface area contributed by atoms with E-state index in [4.69, 9.17) is 11.6 Å². The average molecular weight is 271 g/mol. The Morgan fingerprint density at radius 1 is 1.28 bits per heavy atom. The number of halogens is 1. The summed E-state index contributed by atoms with van der Waals surface area (Å²) in [5.74, 6) is -0.206. The molecule has 0 heterocycles. The molecule has 0 aliphatic carbocycles. The van der Waals surface area contributed by atoms with Crippen LogP contribution in [0.3, 0.4) is 0 Å². The van der Waals surface area contributed by atoms with E-state index in [-0.39, 0.29) is 11.8 Å². The van der Waals surface area contributed by atoms with Crippen LogP contribution < -0.4 is 10.6 Å². The standard InChI is InChI=1S/C12H15ClN2O3/c1-18-12(17)15-10-4-2-9(3-5-10)6-7-14-11(16)8-13/h2-5H,6-8H2,1H3,(H,14,16)(H,15,17). The monoisotopic (exact) mass is 270 g/mol. The van der Waals surface area contributed by atoms with E-state index in [0.717, 1.165) is 5.56 Å². The number of carbonyl (C=O) groups excluding carboxylic acids is 2. The fourth-order valence-electron chi connectivity index (χ4n) is 1.32. The number of hydrogen-bond acceptors (Lipinski definition) is 3. The Labute approximate surface area is 110 Å². The van der Waals surface area contributed by atoms with E-state index < -0.39 is 6.09 Å². The molecule has 0 radical (unpaired) electrons. The zero-order chi connectivity index (χ0) is 13.4. The first-order valence-corrected chi connectivity index (χ1v) is 5.95. The lowest BCUT2D eigenvalue weighted by molar-refractivity contribution is -0.118. The van der Waals surface area contributed by atoms with Gasteiger partial charge in [0, 0.05) is 12.2 Å². The molecule has 1 rings (SSSR count). The van der Waals surface area contributed by atoms with E-state index in [1.165, 1.54) is 7.11 Å². The van der Waals surface area contributed by atoms with Crippen molar-refractivity contribution in [1.82, 2.24) is 5.32 Å². The molecule has 0 saturated carbocycles. The molecule has 5 nitrogen and oxygen atoms in total. The first-order chi connectivity index (χ1) is 8.65. The van der Waals surface area contributed by atoms with Crippen LogP contribution in [0.15, 0.2) is 24.3 Å². The van der Waals surface area contributed by atoms with Crippen molar-refractivity contribution in [2.45, 2.75) is 6.42 Å². The third kappa shape index (κ3) is 5.05. The Bertz CT molecular complexity index is 406. The molecule has 98 valence electrons. The minimum absolute atomic E-state index is 0.0258. The number of benzene rings is 1. The van der Waals surface area contributed by atoms with E-state index in [1.807, 2.05) is 12.1 Å². The minimum Gasteiger partial charge on any atom is -0.453 e. The van der Waals surface area contributed by atoms with Gasteiger partial charge in [-0.2, -0.15) is 0 Å². The molecule has 0 aliphatic heterocycles. The van der Waals surface area contributed by atoms with Crippen molar-refractivity contribution in [2.75, 3.05) is 24.9 Å². The molecular formula is C12H15ClN2O3. The average Bonchev–Trinajstić information content (AvgIpc) is 2.40. The molecule has 0 aromatic heterocycles. The Kier molecular flexibility index (Phi) is 6.00. The van der Waals surface area contributed by atoms with Crippen LogP contribution in [0.2, 0.25) is 0 Å². The normalized spacial score (nSPS) is 9.67. The number of hydrogen-bond donors (Lipinski definition) is 2. The number of ether oxygens (including phenoxy) is 1. The maximum atomic E-state index is 11.0. The largest absolute Gasteiger partial charge is 0.453 e. The Balaban J connectivity index is 2.40. The third-order valence-electron chi connectivity index (χ3n) is 2.24. The molecule has 0 atom stereocenters. The fraction of sp³-hybridized carbons (Fsp3) is 0.333. The summed E-state index contributed by atoms with van der Waals surface area (Å²) in [7, 11) is 1.31. The highest BCUT2D eigenvalue weighted by Crippen LogP contribution is 2.10. The van der Waals surface area contributed by atoms with Gasteiger partial charge in [0.05, 0.1) is 7.11 Å². The molecule has 0 bridgehead atoms.